The Bertz CT molecular complexity index is 976. The molecule has 128 valence electrons. The highest BCUT2D eigenvalue weighted by Gasteiger charge is 2.21. The lowest BCUT2D eigenvalue weighted by atomic mass is 10.1. The molecule has 0 aliphatic carbocycles. The Morgan fingerprint density at radius 1 is 1.08 bits per heavy atom. The predicted molar refractivity (Wildman–Crippen MR) is 95.9 cm³/mol. The van der Waals surface area contributed by atoms with E-state index in [1.807, 2.05) is 36.1 Å². The van der Waals surface area contributed by atoms with E-state index in [1.165, 1.54) is 5.56 Å². The summed E-state index contributed by atoms with van der Waals surface area (Å²) in [5.41, 5.74) is 3.97. The van der Waals surface area contributed by atoms with Gasteiger partial charge in [0.2, 0.25) is 0 Å². The molecule has 1 amide bonds. The van der Waals surface area contributed by atoms with E-state index in [2.05, 4.69) is 0 Å². The molecule has 1 aliphatic rings. The topological polar surface area (TPSA) is 55.5 Å². The number of hydrogen-bond acceptors (Lipinski definition) is 3. The quantitative estimate of drug-likeness (QED) is 0.738. The molecule has 5 heteroatoms. The summed E-state index contributed by atoms with van der Waals surface area (Å²) in [5.74, 6) is -0.378. The summed E-state index contributed by atoms with van der Waals surface area (Å²) in [6, 6.07) is 13.3. The highest BCUT2D eigenvalue weighted by atomic mass is 16.4. The predicted octanol–water partition coefficient (Wildman–Crippen LogP) is 3.19. The molecule has 1 aromatic heterocycles. The molecule has 2 aromatic carbocycles. The lowest BCUT2D eigenvalue weighted by molar-refractivity contribution is 0.0793. The summed E-state index contributed by atoms with van der Waals surface area (Å²) in [6.07, 6.45) is 2.11. The molecule has 1 aliphatic heterocycles. The molecule has 0 atom stereocenters. The average Bonchev–Trinajstić information content (AvgIpc) is 3.25. The molecule has 2 heterocycles. The molecule has 0 saturated carbocycles. The van der Waals surface area contributed by atoms with Gasteiger partial charge in [-0.1, -0.05) is 29.8 Å². The summed E-state index contributed by atoms with van der Waals surface area (Å²) in [6.45, 7) is 4.06. The summed E-state index contributed by atoms with van der Waals surface area (Å²) in [4.78, 5) is 26.7. The SMILES string of the molecule is Cc1ccc(Cn2c(=O)oc3ccc(C(=O)N4CCCC4)cc32)cc1. The van der Waals surface area contributed by atoms with Crippen molar-refractivity contribution >= 4 is 17.0 Å². The van der Waals surface area contributed by atoms with E-state index in [4.69, 9.17) is 4.42 Å². The van der Waals surface area contributed by atoms with Crippen molar-refractivity contribution in [2.75, 3.05) is 13.1 Å². The fraction of sp³-hybridized carbons (Fsp3) is 0.300. The normalized spacial score (nSPS) is 14.4. The van der Waals surface area contributed by atoms with Gasteiger partial charge in [0.1, 0.15) is 0 Å². The van der Waals surface area contributed by atoms with E-state index in [1.54, 1.807) is 22.8 Å². The number of aromatic nitrogens is 1. The Balaban J connectivity index is 1.72. The van der Waals surface area contributed by atoms with Crippen molar-refractivity contribution in [3.63, 3.8) is 0 Å². The van der Waals surface area contributed by atoms with E-state index >= 15 is 0 Å². The number of likely N-dealkylation sites (tertiary alicyclic amines) is 1. The number of rotatable bonds is 3. The zero-order valence-corrected chi connectivity index (χ0v) is 14.2. The molecule has 5 nitrogen and oxygen atoms in total. The number of fused-ring (bicyclic) bond motifs is 1. The maximum absolute atomic E-state index is 12.6. The second-order valence-electron chi connectivity index (χ2n) is 6.62. The van der Waals surface area contributed by atoms with Crippen LogP contribution in [0.2, 0.25) is 0 Å². The molecule has 3 aromatic rings. The molecular formula is C20H20N2O3. The van der Waals surface area contributed by atoms with Gasteiger partial charge in [-0.25, -0.2) is 4.79 Å². The maximum atomic E-state index is 12.6. The molecule has 0 unspecified atom stereocenters. The molecule has 4 rings (SSSR count). The molecule has 25 heavy (non-hydrogen) atoms. The van der Waals surface area contributed by atoms with Crippen LogP contribution in [0.5, 0.6) is 0 Å². The number of oxazole rings is 1. The Kier molecular flexibility index (Phi) is 3.92. The van der Waals surface area contributed by atoms with E-state index in [-0.39, 0.29) is 5.91 Å². The van der Waals surface area contributed by atoms with Gasteiger partial charge in [0.25, 0.3) is 5.91 Å². The second-order valence-corrected chi connectivity index (χ2v) is 6.62. The molecule has 0 radical (unpaired) electrons. The standard InChI is InChI=1S/C20H20N2O3/c1-14-4-6-15(7-5-14)13-22-17-12-16(8-9-18(17)25-20(22)24)19(23)21-10-2-3-11-21/h4-9,12H,2-3,10-11,13H2,1H3. The van der Waals surface area contributed by atoms with Crippen LogP contribution in [0.1, 0.15) is 34.3 Å². The van der Waals surface area contributed by atoms with Gasteiger partial charge in [-0.05, 0) is 43.5 Å². The average molecular weight is 336 g/mol. The first-order valence-electron chi connectivity index (χ1n) is 8.60. The minimum Gasteiger partial charge on any atom is -0.408 e. The van der Waals surface area contributed by atoms with Crippen molar-refractivity contribution in [3.05, 3.63) is 69.7 Å². The number of carbonyl (C=O) groups excluding carboxylic acids is 1. The van der Waals surface area contributed by atoms with Crippen molar-refractivity contribution in [2.45, 2.75) is 26.3 Å². The third kappa shape index (κ3) is 2.97. The molecular weight excluding hydrogens is 316 g/mol. The van der Waals surface area contributed by atoms with Crippen LogP contribution in [-0.4, -0.2) is 28.5 Å². The summed E-state index contributed by atoms with van der Waals surface area (Å²) in [7, 11) is 0. The zero-order chi connectivity index (χ0) is 17.4. The molecule has 0 bridgehead atoms. The number of benzene rings is 2. The van der Waals surface area contributed by atoms with Gasteiger partial charge in [0.05, 0.1) is 12.1 Å². The van der Waals surface area contributed by atoms with Gasteiger partial charge >= 0.3 is 5.76 Å². The first kappa shape index (κ1) is 15.7. The number of aryl methyl sites for hydroxylation is 1. The molecule has 1 fully saturated rings. The van der Waals surface area contributed by atoms with Gasteiger partial charge in [-0.15, -0.1) is 0 Å². The van der Waals surface area contributed by atoms with Crippen molar-refractivity contribution in [1.29, 1.82) is 0 Å². The van der Waals surface area contributed by atoms with Crippen molar-refractivity contribution < 1.29 is 9.21 Å². The van der Waals surface area contributed by atoms with Gasteiger partial charge in [-0.3, -0.25) is 9.36 Å². The Morgan fingerprint density at radius 3 is 2.52 bits per heavy atom. The third-order valence-corrected chi connectivity index (χ3v) is 4.77. The first-order chi connectivity index (χ1) is 12.1. The fourth-order valence-corrected chi connectivity index (χ4v) is 3.32. The van der Waals surface area contributed by atoms with Crippen LogP contribution in [-0.2, 0) is 6.54 Å². The lowest BCUT2D eigenvalue weighted by Gasteiger charge is -2.15. The highest BCUT2D eigenvalue weighted by Crippen LogP contribution is 2.19. The largest absolute Gasteiger partial charge is 0.420 e. The van der Waals surface area contributed by atoms with Gasteiger partial charge in [-0.2, -0.15) is 0 Å². The van der Waals surface area contributed by atoms with Crippen LogP contribution in [0, 0.1) is 6.92 Å². The molecule has 0 spiro atoms. The smallest absolute Gasteiger partial charge is 0.408 e. The molecule has 0 N–H and O–H groups in total. The Morgan fingerprint density at radius 2 is 1.80 bits per heavy atom. The monoisotopic (exact) mass is 336 g/mol. The summed E-state index contributed by atoms with van der Waals surface area (Å²) in [5, 5.41) is 0. The summed E-state index contributed by atoms with van der Waals surface area (Å²) >= 11 is 0. The number of amides is 1. The van der Waals surface area contributed by atoms with E-state index in [0.717, 1.165) is 31.5 Å². The van der Waals surface area contributed by atoms with Crippen LogP contribution in [0.3, 0.4) is 0 Å². The third-order valence-electron chi connectivity index (χ3n) is 4.77. The number of hydrogen-bond donors (Lipinski definition) is 0. The minimum atomic E-state index is -0.402. The van der Waals surface area contributed by atoms with Crippen LogP contribution in [0.15, 0.2) is 51.7 Å². The van der Waals surface area contributed by atoms with E-state index < -0.39 is 5.76 Å². The van der Waals surface area contributed by atoms with Crippen LogP contribution >= 0.6 is 0 Å². The molecule has 1 saturated heterocycles. The van der Waals surface area contributed by atoms with E-state index in [9.17, 15) is 9.59 Å². The highest BCUT2D eigenvalue weighted by molar-refractivity contribution is 5.97. The van der Waals surface area contributed by atoms with Crippen molar-refractivity contribution in [3.8, 4) is 0 Å². The number of nitrogens with zero attached hydrogens (tertiary/aromatic N) is 2. The zero-order valence-electron chi connectivity index (χ0n) is 14.2. The Labute approximate surface area is 145 Å². The second kappa shape index (κ2) is 6.24. The fourth-order valence-electron chi connectivity index (χ4n) is 3.32. The van der Waals surface area contributed by atoms with Crippen molar-refractivity contribution in [2.24, 2.45) is 0 Å². The Hall–Kier alpha value is -2.82. The lowest BCUT2D eigenvalue weighted by Crippen LogP contribution is -2.27. The maximum Gasteiger partial charge on any atom is 0.420 e. The number of carbonyl (C=O) groups is 1. The minimum absolute atomic E-state index is 0.0231. The van der Waals surface area contributed by atoms with Crippen LogP contribution < -0.4 is 5.76 Å². The van der Waals surface area contributed by atoms with Crippen LogP contribution in [0.4, 0.5) is 0 Å². The van der Waals surface area contributed by atoms with Gasteiger partial charge < -0.3 is 9.32 Å². The van der Waals surface area contributed by atoms with Crippen molar-refractivity contribution in [1.82, 2.24) is 9.47 Å². The van der Waals surface area contributed by atoms with Gasteiger partial charge in [0, 0.05) is 18.7 Å². The van der Waals surface area contributed by atoms with Crippen LogP contribution in [0.25, 0.3) is 11.1 Å². The van der Waals surface area contributed by atoms with Gasteiger partial charge in [0.15, 0.2) is 5.58 Å². The summed E-state index contributed by atoms with van der Waals surface area (Å²) < 4.78 is 6.92. The van der Waals surface area contributed by atoms with E-state index in [0.29, 0.717) is 23.2 Å². The first-order valence-corrected chi connectivity index (χ1v) is 8.60.